The normalized spacial score (nSPS) is 19.7. The molecule has 1 amide bonds. The van der Waals surface area contributed by atoms with Gasteiger partial charge < -0.3 is 14.4 Å². The van der Waals surface area contributed by atoms with E-state index in [0.29, 0.717) is 12.6 Å². The van der Waals surface area contributed by atoms with Crippen molar-refractivity contribution in [2.45, 2.75) is 44.4 Å². The molecule has 0 saturated carbocycles. The Balaban J connectivity index is 1.18. The Morgan fingerprint density at radius 2 is 1.85 bits per heavy atom. The van der Waals surface area contributed by atoms with Crippen LogP contribution in [0.4, 0.5) is 5.69 Å². The number of ether oxygens (including phenoxy) is 2. The number of rotatable bonds is 6. The molecule has 2 aliphatic heterocycles. The SMILES string of the molecule is CC(=O)N(c1ccccc1)[C@@H]1COC2(CCN(Cc3cccc(Oc4ncccn4)c3)CC2)C1. The second-order valence-corrected chi connectivity index (χ2v) is 9.13. The van der Waals surface area contributed by atoms with Crippen LogP contribution < -0.4 is 9.64 Å². The van der Waals surface area contributed by atoms with E-state index in [1.54, 1.807) is 25.4 Å². The summed E-state index contributed by atoms with van der Waals surface area (Å²) in [5.41, 5.74) is 2.00. The molecule has 2 aromatic carbocycles. The molecule has 3 heterocycles. The van der Waals surface area contributed by atoms with Crippen LogP contribution in [-0.4, -0.2) is 52.1 Å². The summed E-state index contributed by atoms with van der Waals surface area (Å²) in [5, 5.41) is 0. The van der Waals surface area contributed by atoms with E-state index in [2.05, 4.69) is 20.9 Å². The third kappa shape index (κ3) is 5.11. The fourth-order valence-electron chi connectivity index (χ4n) is 5.10. The van der Waals surface area contributed by atoms with Crippen molar-refractivity contribution in [3.63, 3.8) is 0 Å². The Morgan fingerprint density at radius 3 is 2.59 bits per heavy atom. The predicted molar refractivity (Wildman–Crippen MR) is 130 cm³/mol. The van der Waals surface area contributed by atoms with Crippen LogP contribution in [0.25, 0.3) is 0 Å². The molecule has 0 bridgehead atoms. The van der Waals surface area contributed by atoms with E-state index >= 15 is 0 Å². The minimum atomic E-state index is -0.140. The van der Waals surface area contributed by atoms with Gasteiger partial charge in [0.15, 0.2) is 0 Å². The molecule has 5 rings (SSSR count). The summed E-state index contributed by atoms with van der Waals surface area (Å²) < 4.78 is 12.2. The minimum Gasteiger partial charge on any atom is -0.424 e. The fourth-order valence-corrected chi connectivity index (χ4v) is 5.10. The standard InChI is InChI=1S/C27H30N4O3/c1-21(32)31(23-8-3-2-4-9-23)24-18-27(33-20-24)11-15-30(16-12-27)19-22-7-5-10-25(17-22)34-26-28-13-6-14-29-26/h2-10,13-14,17,24H,11-12,15-16,18-20H2,1H3/t24-/m0/s1. The molecule has 0 aliphatic carbocycles. The van der Waals surface area contributed by atoms with Crippen molar-refractivity contribution in [3.8, 4) is 11.8 Å². The second-order valence-electron chi connectivity index (χ2n) is 9.13. The number of anilines is 1. The van der Waals surface area contributed by atoms with Crippen LogP contribution in [0.1, 0.15) is 31.7 Å². The Kier molecular flexibility index (Phi) is 6.56. The van der Waals surface area contributed by atoms with Gasteiger partial charge in [0.25, 0.3) is 0 Å². The molecule has 34 heavy (non-hydrogen) atoms. The molecule has 1 aromatic heterocycles. The Bertz CT molecular complexity index is 1100. The molecule has 0 unspecified atom stereocenters. The lowest BCUT2D eigenvalue weighted by Crippen LogP contribution is -2.45. The van der Waals surface area contributed by atoms with Gasteiger partial charge >= 0.3 is 6.01 Å². The maximum absolute atomic E-state index is 12.4. The average Bonchev–Trinajstić information content (AvgIpc) is 3.25. The monoisotopic (exact) mass is 458 g/mol. The van der Waals surface area contributed by atoms with Gasteiger partial charge in [0.05, 0.1) is 18.2 Å². The van der Waals surface area contributed by atoms with Crippen molar-refractivity contribution in [2.24, 2.45) is 0 Å². The highest BCUT2D eigenvalue weighted by Gasteiger charge is 2.45. The van der Waals surface area contributed by atoms with Crippen LogP contribution in [0.3, 0.4) is 0 Å². The maximum atomic E-state index is 12.4. The van der Waals surface area contributed by atoms with E-state index in [0.717, 1.165) is 50.3 Å². The van der Waals surface area contributed by atoms with Gasteiger partial charge in [-0.3, -0.25) is 9.69 Å². The number of aromatic nitrogens is 2. The number of carbonyl (C=O) groups is 1. The minimum absolute atomic E-state index is 0.0669. The maximum Gasteiger partial charge on any atom is 0.321 e. The summed E-state index contributed by atoms with van der Waals surface area (Å²) in [5.74, 6) is 0.807. The largest absolute Gasteiger partial charge is 0.424 e. The van der Waals surface area contributed by atoms with Crippen molar-refractivity contribution in [1.29, 1.82) is 0 Å². The van der Waals surface area contributed by atoms with Crippen LogP contribution in [-0.2, 0) is 16.1 Å². The summed E-state index contributed by atoms with van der Waals surface area (Å²) in [4.78, 5) is 25.1. The van der Waals surface area contributed by atoms with Gasteiger partial charge in [-0.05, 0) is 55.2 Å². The first-order chi connectivity index (χ1) is 16.6. The van der Waals surface area contributed by atoms with Crippen LogP contribution in [0.5, 0.6) is 11.8 Å². The number of likely N-dealkylation sites (tertiary alicyclic amines) is 1. The molecule has 3 aromatic rings. The van der Waals surface area contributed by atoms with E-state index in [-0.39, 0.29) is 17.6 Å². The van der Waals surface area contributed by atoms with Crippen molar-refractivity contribution in [3.05, 3.63) is 78.6 Å². The lowest BCUT2D eigenvalue weighted by Gasteiger charge is -2.39. The molecule has 1 atom stereocenters. The highest BCUT2D eigenvalue weighted by atomic mass is 16.5. The zero-order chi connectivity index (χ0) is 23.4. The Hall–Kier alpha value is -3.29. The van der Waals surface area contributed by atoms with Crippen molar-refractivity contribution < 1.29 is 14.3 Å². The first-order valence-corrected chi connectivity index (χ1v) is 11.9. The third-order valence-corrected chi connectivity index (χ3v) is 6.75. The van der Waals surface area contributed by atoms with Crippen LogP contribution in [0, 0.1) is 0 Å². The summed E-state index contributed by atoms with van der Waals surface area (Å²) in [6.45, 7) is 5.02. The van der Waals surface area contributed by atoms with Gasteiger partial charge in [-0.2, -0.15) is 0 Å². The Morgan fingerprint density at radius 1 is 1.09 bits per heavy atom. The molecular formula is C27H30N4O3. The van der Waals surface area contributed by atoms with E-state index in [1.807, 2.05) is 53.4 Å². The van der Waals surface area contributed by atoms with E-state index < -0.39 is 0 Å². The van der Waals surface area contributed by atoms with Crippen LogP contribution in [0.2, 0.25) is 0 Å². The number of nitrogens with zero attached hydrogens (tertiary/aromatic N) is 4. The average molecular weight is 459 g/mol. The summed E-state index contributed by atoms with van der Waals surface area (Å²) >= 11 is 0. The van der Waals surface area contributed by atoms with Gasteiger partial charge in [-0.15, -0.1) is 0 Å². The predicted octanol–water partition coefficient (Wildman–Crippen LogP) is 4.45. The van der Waals surface area contributed by atoms with Crippen molar-refractivity contribution in [2.75, 3.05) is 24.6 Å². The Labute approximate surface area is 200 Å². The van der Waals surface area contributed by atoms with E-state index in [1.165, 1.54) is 5.56 Å². The van der Waals surface area contributed by atoms with Gasteiger partial charge in [-0.1, -0.05) is 30.3 Å². The highest BCUT2D eigenvalue weighted by Crippen LogP contribution is 2.39. The lowest BCUT2D eigenvalue weighted by atomic mass is 9.86. The van der Waals surface area contributed by atoms with Crippen molar-refractivity contribution in [1.82, 2.24) is 14.9 Å². The van der Waals surface area contributed by atoms with Crippen molar-refractivity contribution >= 4 is 11.6 Å². The molecular weight excluding hydrogens is 428 g/mol. The zero-order valence-electron chi connectivity index (χ0n) is 19.5. The van der Waals surface area contributed by atoms with E-state index in [4.69, 9.17) is 9.47 Å². The van der Waals surface area contributed by atoms with E-state index in [9.17, 15) is 4.79 Å². The zero-order valence-corrected chi connectivity index (χ0v) is 19.5. The fraction of sp³-hybridized carbons (Fsp3) is 0.370. The number of amides is 1. The number of hydrogen-bond donors (Lipinski definition) is 0. The summed E-state index contributed by atoms with van der Waals surface area (Å²) in [7, 11) is 0. The molecule has 2 aliphatic rings. The van der Waals surface area contributed by atoms with Crippen LogP contribution >= 0.6 is 0 Å². The molecule has 2 fully saturated rings. The number of carbonyl (C=O) groups excluding carboxylic acids is 1. The van der Waals surface area contributed by atoms with Gasteiger partial charge in [-0.25, -0.2) is 9.97 Å². The number of para-hydroxylation sites is 1. The molecule has 7 heteroatoms. The smallest absolute Gasteiger partial charge is 0.321 e. The van der Waals surface area contributed by atoms with Crippen LogP contribution in [0.15, 0.2) is 73.1 Å². The first kappa shape index (κ1) is 22.5. The van der Waals surface area contributed by atoms with Gasteiger partial charge in [0.2, 0.25) is 5.91 Å². The second kappa shape index (κ2) is 9.91. The molecule has 7 nitrogen and oxygen atoms in total. The molecule has 176 valence electrons. The van der Waals surface area contributed by atoms with Gasteiger partial charge in [0.1, 0.15) is 5.75 Å². The first-order valence-electron chi connectivity index (χ1n) is 11.9. The number of benzene rings is 2. The third-order valence-electron chi connectivity index (χ3n) is 6.75. The number of piperidine rings is 1. The molecule has 0 radical (unpaired) electrons. The quantitative estimate of drug-likeness (QED) is 0.544. The summed E-state index contributed by atoms with van der Waals surface area (Å²) in [6, 6.07) is 20.2. The topological polar surface area (TPSA) is 67.8 Å². The summed E-state index contributed by atoms with van der Waals surface area (Å²) in [6.07, 6.45) is 6.16. The van der Waals surface area contributed by atoms with Gasteiger partial charge in [0, 0.05) is 44.6 Å². The molecule has 1 spiro atoms. The molecule has 2 saturated heterocycles. The number of hydrogen-bond acceptors (Lipinski definition) is 6. The lowest BCUT2D eigenvalue weighted by molar-refractivity contribution is -0.117. The molecule has 0 N–H and O–H groups in total. The highest BCUT2D eigenvalue weighted by molar-refractivity contribution is 5.92.